The summed E-state index contributed by atoms with van der Waals surface area (Å²) in [5, 5.41) is 8.93. The Hall–Kier alpha value is -1.97. The average Bonchev–Trinajstić information content (AvgIpc) is 3.52. The van der Waals surface area contributed by atoms with Crippen molar-refractivity contribution >= 4 is 40.0 Å². The average molecular weight is 460 g/mol. The second-order valence-electron chi connectivity index (χ2n) is 8.05. The highest BCUT2D eigenvalue weighted by Crippen LogP contribution is 2.37. The van der Waals surface area contributed by atoms with Gasteiger partial charge in [0.25, 0.3) is 0 Å². The van der Waals surface area contributed by atoms with Gasteiger partial charge in [0.1, 0.15) is 0 Å². The molecule has 1 saturated heterocycles. The van der Waals surface area contributed by atoms with Crippen LogP contribution in [-0.2, 0) is 16.1 Å². The van der Waals surface area contributed by atoms with Gasteiger partial charge < -0.3 is 4.90 Å². The molecule has 0 unspecified atom stereocenters. The number of carbonyl (C=O) groups excluding carboxylic acids is 2. The molecule has 0 N–H and O–H groups in total. The lowest BCUT2D eigenvalue weighted by Gasteiger charge is -2.35. The lowest BCUT2D eigenvalue weighted by molar-refractivity contribution is -0.132. The number of rotatable bonds is 8. The van der Waals surface area contributed by atoms with Gasteiger partial charge in [-0.25, -0.2) is 0 Å². The highest BCUT2D eigenvalue weighted by atomic mass is 32.2. The van der Waals surface area contributed by atoms with Crippen molar-refractivity contribution in [1.82, 2.24) is 20.0 Å². The summed E-state index contributed by atoms with van der Waals surface area (Å²) in [5.74, 6) is 0.234. The molecule has 2 heterocycles. The second kappa shape index (κ2) is 10.1. The summed E-state index contributed by atoms with van der Waals surface area (Å²) in [4.78, 5) is 31.4. The first kappa shape index (κ1) is 22.2. The minimum Gasteiger partial charge on any atom is -0.339 e. The maximum atomic E-state index is 13.0. The van der Waals surface area contributed by atoms with Crippen molar-refractivity contribution in [3.05, 3.63) is 35.9 Å². The lowest BCUT2D eigenvalue weighted by atomic mass is 10.2. The Labute approximate surface area is 191 Å². The highest BCUT2D eigenvalue weighted by molar-refractivity contribution is 8.02. The zero-order chi connectivity index (χ0) is 21.8. The molecule has 0 spiro atoms. The van der Waals surface area contributed by atoms with Crippen LogP contribution in [0.4, 0.5) is 5.13 Å². The van der Waals surface area contributed by atoms with Gasteiger partial charge in [-0.05, 0) is 25.3 Å². The zero-order valence-corrected chi connectivity index (χ0v) is 19.7. The Morgan fingerprint density at radius 2 is 1.87 bits per heavy atom. The molecule has 1 atom stereocenters. The SMILES string of the molecule is CCC(=O)N(c1nnc(S[C@@H](C)C(=O)N2CCN(Cc3ccccc3)CC2)s1)C1CC1. The predicted octanol–water partition coefficient (Wildman–Crippen LogP) is 3.27. The van der Waals surface area contributed by atoms with Gasteiger partial charge in [-0.1, -0.05) is 60.4 Å². The van der Waals surface area contributed by atoms with Crippen LogP contribution in [-0.4, -0.2) is 69.3 Å². The molecule has 9 heteroatoms. The third-order valence-electron chi connectivity index (χ3n) is 5.64. The maximum Gasteiger partial charge on any atom is 0.235 e. The molecule has 4 rings (SSSR count). The third-order valence-corrected chi connectivity index (χ3v) is 7.74. The molecule has 1 aliphatic heterocycles. The summed E-state index contributed by atoms with van der Waals surface area (Å²) >= 11 is 2.85. The fourth-order valence-corrected chi connectivity index (χ4v) is 5.90. The first-order valence-electron chi connectivity index (χ1n) is 10.9. The van der Waals surface area contributed by atoms with Crippen LogP contribution in [0.25, 0.3) is 0 Å². The fraction of sp³-hybridized carbons (Fsp3) is 0.545. The summed E-state index contributed by atoms with van der Waals surface area (Å²) < 4.78 is 0.744. The van der Waals surface area contributed by atoms with E-state index in [1.165, 1.54) is 28.7 Å². The summed E-state index contributed by atoms with van der Waals surface area (Å²) in [5.41, 5.74) is 1.31. The fourth-order valence-electron chi connectivity index (χ4n) is 3.74. The molecule has 2 aliphatic rings. The monoisotopic (exact) mass is 459 g/mol. The third kappa shape index (κ3) is 5.64. The zero-order valence-electron chi connectivity index (χ0n) is 18.1. The number of hydrogen-bond acceptors (Lipinski definition) is 7. The lowest BCUT2D eigenvalue weighted by Crippen LogP contribution is -2.50. The van der Waals surface area contributed by atoms with E-state index in [2.05, 4.69) is 39.4 Å². The topological polar surface area (TPSA) is 69.6 Å². The van der Waals surface area contributed by atoms with Crippen LogP contribution in [0.15, 0.2) is 34.7 Å². The van der Waals surface area contributed by atoms with Gasteiger partial charge in [-0.15, -0.1) is 10.2 Å². The molecule has 2 fully saturated rings. The van der Waals surface area contributed by atoms with E-state index >= 15 is 0 Å². The summed E-state index contributed by atoms with van der Waals surface area (Å²) in [7, 11) is 0. The Kier molecular flexibility index (Phi) is 7.24. The van der Waals surface area contributed by atoms with Crippen LogP contribution in [0.2, 0.25) is 0 Å². The number of nitrogens with zero attached hydrogens (tertiary/aromatic N) is 5. The molecule has 0 bridgehead atoms. The molecule has 31 heavy (non-hydrogen) atoms. The quantitative estimate of drug-likeness (QED) is 0.446. The minimum absolute atomic E-state index is 0.0905. The largest absolute Gasteiger partial charge is 0.339 e. The maximum absolute atomic E-state index is 13.0. The number of carbonyl (C=O) groups is 2. The number of benzene rings is 1. The highest BCUT2D eigenvalue weighted by Gasteiger charge is 2.35. The first-order chi connectivity index (χ1) is 15.0. The van der Waals surface area contributed by atoms with Crippen molar-refractivity contribution in [2.75, 3.05) is 31.1 Å². The summed E-state index contributed by atoms with van der Waals surface area (Å²) in [6, 6.07) is 10.7. The van der Waals surface area contributed by atoms with E-state index in [1.54, 1.807) is 4.90 Å². The van der Waals surface area contributed by atoms with Gasteiger partial charge >= 0.3 is 0 Å². The molecule has 166 valence electrons. The molecule has 1 aromatic carbocycles. The predicted molar refractivity (Wildman–Crippen MR) is 124 cm³/mol. The Balaban J connectivity index is 1.28. The van der Waals surface area contributed by atoms with E-state index in [4.69, 9.17) is 0 Å². The van der Waals surface area contributed by atoms with E-state index in [0.717, 1.165) is 49.9 Å². The van der Waals surface area contributed by atoms with Crippen molar-refractivity contribution in [2.24, 2.45) is 0 Å². The first-order valence-corrected chi connectivity index (χ1v) is 12.6. The van der Waals surface area contributed by atoms with E-state index < -0.39 is 0 Å². The number of piperazine rings is 1. The van der Waals surface area contributed by atoms with Gasteiger partial charge in [-0.2, -0.15) is 0 Å². The van der Waals surface area contributed by atoms with Crippen LogP contribution in [0.1, 0.15) is 38.7 Å². The van der Waals surface area contributed by atoms with Gasteiger partial charge in [-0.3, -0.25) is 19.4 Å². The van der Waals surface area contributed by atoms with E-state index in [-0.39, 0.29) is 23.1 Å². The van der Waals surface area contributed by atoms with Crippen molar-refractivity contribution in [1.29, 1.82) is 0 Å². The molecular formula is C22H29N5O2S2. The molecule has 2 amide bonds. The van der Waals surface area contributed by atoms with Crippen molar-refractivity contribution in [3.63, 3.8) is 0 Å². The van der Waals surface area contributed by atoms with Crippen molar-refractivity contribution in [3.8, 4) is 0 Å². The standard InChI is InChI=1S/C22H29N5O2S2/c1-3-19(28)27(18-9-10-18)21-23-24-22(31-21)30-16(2)20(29)26-13-11-25(12-14-26)15-17-7-5-4-6-8-17/h4-8,16,18H,3,9-15H2,1-2H3/t16-/m0/s1. The number of aromatic nitrogens is 2. The van der Waals surface area contributed by atoms with Gasteiger partial charge in [0.15, 0.2) is 4.34 Å². The van der Waals surface area contributed by atoms with Crippen LogP contribution in [0.5, 0.6) is 0 Å². The molecule has 2 aromatic rings. The molecule has 1 aliphatic carbocycles. The van der Waals surface area contributed by atoms with Crippen molar-refractivity contribution in [2.45, 2.75) is 55.3 Å². The van der Waals surface area contributed by atoms with Gasteiger partial charge in [0, 0.05) is 45.2 Å². The molecule has 1 saturated carbocycles. The van der Waals surface area contributed by atoms with E-state index in [0.29, 0.717) is 11.6 Å². The normalized spacial score (nSPS) is 18.1. The molecule has 7 nitrogen and oxygen atoms in total. The summed E-state index contributed by atoms with van der Waals surface area (Å²) in [6.07, 6.45) is 2.52. The van der Waals surface area contributed by atoms with Gasteiger partial charge in [0.2, 0.25) is 16.9 Å². The van der Waals surface area contributed by atoms with Crippen LogP contribution in [0, 0.1) is 0 Å². The second-order valence-corrected chi connectivity index (χ2v) is 10.6. The Bertz CT molecular complexity index is 894. The van der Waals surface area contributed by atoms with E-state index in [1.807, 2.05) is 24.8 Å². The molecule has 0 radical (unpaired) electrons. The number of amides is 2. The van der Waals surface area contributed by atoms with Crippen LogP contribution in [0.3, 0.4) is 0 Å². The number of thioether (sulfide) groups is 1. The Morgan fingerprint density at radius 3 is 2.52 bits per heavy atom. The van der Waals surface area contributed by atoms with Crippen LogP contribution >= 0.6 is 23.1 Å². The Morgan fingerprint density at radius 1 is 1.16 bits per heavy atom. The van der Waals surface area contributed by atoms with Gasteiger partial charge in [0.05, 0.1) is 5.25 Å². The minimum atomic E-state index is -0.224. The van der Waals surface area contributed by atoms with Crippen molar-refractivity contribution < 1.29 is 9.59 Å². The molecular weight excluding hydrogens is 430 g/mol. The van der Waals surface area contributed by atoms with E-state index in [9.17, 15) is 9.59 Å². The molecule has 1 aromatic heterocycles. The number of anilines is 1. The summed E-state index contributed by atoms with van der Waals surface area (Å²) in [6.45, 7) is 7.99. The van der Waals surface area contributed by atoms with Crippen LogP contribution < -0.4 is 4.90 Å². The smallest absolute Gasteiger partial charge is 0.235 e. The number of hydrogen-bond donors (Lipinski definition) is 0.